The molecule has 0 aliphatic heterocycles. The predicted octanol–water partition coefficient (Wildman–Crippen LogP) is 3.45. The topological polar surface area (TPSA) is 35.2 Å². The molecule has 0 aromatic rings. The van der Waals surface area contributed by atoms with Gasteiger partial charge in [0.1, 0.15) is 0 Å². The summed E-state index contributed by atoms with van der Waals surface area (Å²) in [6.45, 7) is 16.2. The Balaban J connectivity index is 4.03. The van der Waals surface area contributed by atoms with Gasteiger partial charge in [-0.1, -0.05) is 27.7 Å². The van der Waals surface area contributed by atoms with Gasteiger partial charge >= 0.3 is 0 Å². The third kappa shape index (κ3) is 6.49. The number of hydrogen-bond donors (Lipinski definition) is 1. The lowest BCUT2D eigenvalue weighted by atomic mass is 9.86. The molecule has 0 aliphatic carbocycles. The van der Waals surface area contributed by atoms with Gasteiger partial charge in [-0.2, -0.15) is 0 Å². The van der Waals surface area contributed by atoms with E-state index in [1.54, 1.807) is 0 Å². The minimum Gasteiger partial charge on any atom is -0.375 e. The summed E-state index contributed by atoms with van der Waals surface area (Å²) >= 11 is 0. The monoisotopic (exact) mass is 229 g/mol. The van der Waals surface area contributed by atoms with Crippen molar-refractivity contribution in [1.29, 1.82) is 0 Å². The van der Waals surface area contributed by atoms with E-state index in [1.165, 1.54) is 0 Å². The minimum atomic E-state index is -0.0981. The van der Waals surface area contributed by atoms with Crippen LogP contribution >= 0.6 is 0 Å². The van der Waals surface area contributed by atoms with Gasteiger partial charge in [0, 0.05) is 6.04 Å². The van der Waals surface area contributed by atoms with E-state index in [2.05, 4.69) is 41.5 Å². The number of hydrogen-bond acceptors (Lipinski definition) is 2. The molecule has 0 bridgehead atoms. The first kappa shape index (κ1) is 15.9. The zero-order valence-electron chi connectivity index (χ0n) is 12.2. The molecule has 0 amide bonds. The highest BCUT2D eigenvalue weighted by molar-refractivity contribution is 4.75. The third-order valence-corrected chi connectivity index (χ3v) is 3.50. The maximum Gasteiger partial charge on any atom is 0.0641 e. The van der Waals surface area contributed by atoms with Crippen molar-refractivity contribution in [1.82, 2.24) is 0 Å². The average Bonchev–Trinajstić information content (AvgIpc) is 2.10. The molecule has 0 spiro atoms. The largest absolute Gasteiger partial charge is 0.375 e. The number of nitrogens with two attached hydrogens (primary N) is 1. The lowest BCUT2D eigenvalue weighted by Gasteiger charge is -2.31. The molecule has 0 heterocycles. The van der Waals surface area contributed by atoms with E-state index >= 15 is 0 Å². The smallest absolute Gasteiger partial charge is 0.0641 e. The molecule has 3 unspecified atom stereocenters. The quantitative estimate of drug-likeness (QED) is 0.725. The van der Waals surface area contributed by atoms with Crippen molar-refractivity contribution < 1.29 is 4.74 Å². The fraction of sp³-hybridized carbons (Fsp3) is 1.00. The molecule has 0 saturated heterocycles. The highest BCUT2D eigenvalue weighted by atomic mass is 16.5. The lowest BCUT2D eigenvalue weighted by molar-refractivity contribution is -0.0506. The molecule has 2 N–H and O–H groups in total. The van der Waals surface area contributed by atoms with Crippen molar-refractivity contribution in [2.24, 2.45) is 23.5 Å². The molecule has 2 heteroatoms. The molecule has 2 nitrogen and oxygen atoms in total. The van der Waals surface area contributed by atoms with Gasteiger partial charge in [-0.3, -0.25) is 0 Å². The minimum absolute atomic E-state index is 0.0981. The Bertz CT molecular complexity index is 187. The van der Waals surface area contributed by atoms with Gasteiger partial charge in [0.25, 0.3) is 0 Å². The van der Waals surface area contributed by atoms with E-state index < -0.39 is 0 Å². The first-order chi connectivity index (χ1) is 7.15. The summed E-state index contributed by atoms with van der Waals surface area (Å²) in [7, 11) is 0. The summed E-state index contributed by atoms with van der Waals surface area (Å²) in [5, 5.41) is 0. The van der Waals surface area contributed by atoms with Crippen LogP contribution in [0, 0.1) is 17.8 Å². The first-order valence-corrected chi connectivity index (χ1v) is 6.55. The molecule has 16 heavy (non-hydrogen) atoms. The van der Waals surface area contributed by atoms with Crippen LogP contribution in [0.4, 0.5) is 0 Å². The molecule has 0 aliphatic rings. The van der Waals surface area contributed by atoms with Crippen molar-refractivity contribution in [2.75, 3.05) is 6.61 Å². The molecule has 98 valence electrons. The molecular weight excluding hydrogens is 198 g/mol. The van der Waals surface area contributed by atoms with Gasteiger partial charge in [0.15, 0.2) is 0 Å². The highest BCUT2D eigenvalue weighted by Crippen LogP contribution is 2.23. The van der Waals surface area contributed by atoms with Crippen molar-refractivity contribution in [3.8, 4) is 0 Å². The predicted molar refractivity (Wildman–Crippen MR) is 71.5 cm³/mol. The summed E-state index contributed by atoms with van der Waals surface area (Å²) in [6, 6.07) is 0.202. The third-order valence-electron chi connectivity index (χ3n) is 3.50. The van der Waals surface area contributed by atoms with Crippen molar-refractivity contribution in [3.05, 3.63) is 0 Å². The van der Waals surface area contributed by atoms with Crippen LogP contribution in [-0.4, -0.2) is 18.2 Å². The van der Waals surface area contributed by atoms with Gasteiger partial charge in [0.2, 0.25) is 0 Å². The van der Waals surface area contributed by atoms with Gasteiger partial charge in [-0.25, -0.2) is 0 Å². The summed E-state index contributed by atoms with van der Waals surface area (Å²) in [5.41, 5.74) is 5.71. The van der Waals surface area contributed by atoms with Crippen LogP contribution in [0.1, 0.15) is 54.9 Å². The number of rotatable bonds is 7. The first-order valence-electron chi connectivity index (χ1n) is 6.55. The zero-order valence-corrected chi connectivity index (χ0v) is 12.2. The fourth-order valence-corrected chi connectivity index (χ4v) is 2.00. The van der Waals surface area contributed by atoms with Crippen molar-refractivity contribution >= 4 is 0 Å². The van der Waals surface area contributed by atoms with E-state index in [0.29, 0.717) is 11.8 Å². The van der Waals surface area contributed by atoms with Gasteiger partial charge in [0.05, 0.1) is 12.2 Å². The maximum atomic E-state index is 5.99. The summed E-state index contributed by atoms with van der Waals surface area (Å²) in [5.74, 6) is 2.02. The normalized spacial score (nSPS) is 18.6. The second-order valence-corrected chi connectivity index (χ2v) is 6.33. The number of ether oxygens (including phenoxy) is 1. The second kappa shape index (κ2) is 6.61. The van der Waals surface area contributed by atoms with Crippen molar-refractivity contribution in [3.63, 3.8) is 0 Å². The molecule has 0 aromatic carbocycles. The van der Waals surface area contributed by atoms with Crippen LogP contribution in [-0.2, 0) is 4.74 Å². The molecule has 0 rings (SSSR count). The van der Waals surface area contributed by atoms with Crippen LogP contribution < -0.4 is 5.73 Å². The summed E-state index contributed by atoms with van der Waals surface area (Å²) < 4.78 is 5.99. The van der Waals surface area contributed by atoms with Gasteiger partial charge in [-0.05, 0) is 44.9 Å². The molecule has 0 saturated carbocycles. The van der Waals surface area contributed by atoms with Crippen LogP contribution in [0.25, 0.3) is 0 Å². The Morgan fingerprint density at radius 2 is 1.56 bits per heavy atom. The van der Waals surface area contributed by atoms with E-state index in [1.807, 2.05) is 6.92 Å². The van der Waals surface area contributed by atoms with E-state index in [-0.39, 0.29) is 11.6 Å². The Hall–Kier alpha value is -0.0800. The van der Waals surface area contributed by atoms with Gasteiger partial charge < -0.3 is 10.5 Å². The highest BCUT2D eigenvalue weighted by Gasteiger charge is 2.23. The summed E-state index contributed by atoms with van der Waals surface area (Å²) in [4.78, 5) is 0. The van der Waals surface area contributed by atoms with Crippen molar-refractivity contribution in [2.45, 2.75) is 66.5 Å². The Labute approximate surface area is 102 Å². The van der Waals surface area contributed by atoms with E-state index in [0.717, 1.165) is 18.9 Å². The van der Waals surface area contributed by atoms with Gasteiger partial charge in [-0.15, -0.1) is 0 Å². The lowest BCUT2D eigenvalue weighted by Crippen LogP contribution is -2.35. The van der Waals surface area contributed by atoms with Crippen LogP contribution in [0.15, 0.2) is 0 Å². The molecule has 0 radical (unpaired) electrons. The van der Waals surface area contributed by atoms with E-state index in [4.69, 9.17) is 10.5 Å². The SMILES string of the molecule is CC(N)CC(C)(C)OCC(C)C(C)C(C)C. The second-order valence-electron chi connectivity index (χ2n) is 6.33. The Kier molecular flexibility index (Phi) is 6.57. The zero-order chi connectivity index (χ0) is 12.9. The Morgan fingerprint density at radius 3 is 1.94 bits per heavy atom. The standard InChI is InChI=1S/C14H31NO/c1-10(2)13(5)11(3)9-16-14(6,7)8-12(4)15/h10-13H,8-9,15H2,1-7H3. The Morgan fingerprint density at radius 1 is 1.06 bits per heavy atom. The average molecular weight is 229 g/mol. The fourth-order valence-electron chi connectivity index (χ4n) is 2.00. The summed E-state index contributed by atoms with van der Waals surface area (Å²) in [6.07, 6.45) is 0.912. The van der Waals surface area contributed by atoms with Crippen LogP contribution in [0.5, 0.6) is 0 Å². The molecule has 3 atom stereocenters. The maximum absolute atomic E-state index is 5.99. The van der Waals surface area contributed by atoms with Crippen LogP contribution in [0.3, 0.4) is 0 Å². The van der Waals surface area contributed by atoms with Crippen LogP contribution in [0.2, 0.25) is 0 Å². The molecule has 0 fully saturated rings. The van der Waals surface area contributed by atoms with E-state index in [9.17, 15) is 0 Å². The molecule has 0 aromatic heterocycles. The molecular formula is C14H31NO.